The minimum atomic E-state index is -0.841. The highest BCUT2D eigenvalue weighted by molar-refractivity contribution is 9.10. The van der Waals surface area contributed by atoms with Crippen molar-refractivity contribution in [2.45, 2.75) is 13.0 Å². The summed E-state index contributed by atoms with van der Waals surface area (Å²) in [6, 6.07) is 1.58. The molecule has 0 spiro atoms. The van der Waals surface area contributed by atoms with Gasteiger partial charge in [-0.1, -0.05) is 0 Å². The van der Waals surface area contributed by atoms with E-state index in [9.17, 15) is 10.2 Å². The SMILES string of the molecule is COc1cc(Br)c(O)c(C(C)O)c1OC. The Morgan fingerprint density at radius 2 is 1.93 bits per heavy atom. The number of aromatic hydroxyl groups is 1. The summed E-state index contributed by atoms with van der Waals surface area (Å²) in [7, 11) is 2.95. The average Bonchev–Trinajstić information content (AvgIpc) is 2.20. The molecular weight excluding hydrogens is 264 g/mol. The second kappa shape index (κ2) is 4.72. The Bertz CT molecular complexity index is 363. The molecule has 1 aromatic rings. The number of aliphatic hydroxyl groups is 1. The van der Waals surface area contributed by atoms with Crippen molar-refractivity contribution in [3.8, 4) is 17.2 Å². The molecule has 2 N–H and O–H groups in total. The fourth-order valence-corrected chi connectivity index (χ4v) is 1.79. The zero-order chi connectivity index (χ0) is 11.6. The van der Waals surface area contributed by atoms with E-state index < -0.39 is 6.10 Å². The summed E-state index contributed by atoms with van der Waals surface area (Å²) in [5.74, 6) is 0.758. The number of benzene rings is 1. The van der Waals surface area contributed by atoms with E-state index in [1.54, 1.807) is 13.0 Å². The van der Waals surface area contributed by atoms with Crippen LogP contribution in [0.4, 0.5) is 0 Å². The zero-order valence-electron chi connectivity index (χ0n) is 8.74. The van der Waals surface area contributed by atoms with E-state index >= 15 is 0 Å². The first-order valence-electron chi connectivity index (χ1n) is 4.34. The van der Waals surface area contributed by atoms with Crippen molar-refractivity contribution in [3.05, 3.63) is 16.1 Å². The van der Waals surface area contributed by atoms with Crippen LogP contribution in [0.5, 0.6) is 17.2 Å². The normalized spacial score (nSPS) is 12.3. The maximum atomic E-state index is 9.76. The molecule has 5 heteroatoms. The van der Waals surface area contributed by atoms with Crippen LogP contribution in [-0.2, 0) is 0 Å². The van der Waals surface area contributed by atoms with Crippen molar-refractivity contribution in [2.24, 2.45) is 0 Å². The van der Waals surface area contributed by atoms with Crippen molar-refractivity contribution in [1.29, 1.82) is 0 Å². The maximum absolute atomic E-state index is 9.76. The summed E-state index contributed by atoms with van der Waals surface area (Å²) in [6.07, 6.45) is -0.841. The quantitative estimate of drug-likeness (QED) is 0.889. The lowest BCUT2D eigenvalue weighted by atomic mass is 10.1. The van der Waals surface area contributed by atoms with Crippen molar-refractivity contribution < 1.29 is 19.7 Å². The Morgan fingerprint density at radius 1 is 1.33 bits per heavy atom. The number of ether oxygens (including phenoxy) is 2. The van der Waals surface area contributed by atoms with Gasteiger partial charge in [0.05, 0.1) is 30.4 Å². The third kappa shape index (κ3) is 2.18. The lowest BCUT2D eigenvalue weighted by Crippen LogP contribution is -2.00. The predicted octanol–water partition coefficient (Wildman–Crippen LogP) is 2.23. The van der Waals surface area contributed by atoms with Gasteiger partial charge in [-0.3, -0.25) is 0 Å². The number of rotatable bonds is 3. The van der Waals surface area contributed by atoms with Gasteiger partial charge in [0.1, 0.15) is 5.75 Å². The molecule has 0 aromatic heterocycles. The zero-order valence-corrected chi connectivity index (χ0v) is 10.3. The molecule has 1 aromatic carbocycles. The van der Waals surface area contributed by atoms with Gasteiger partial charge in [-0.05, 0) is 22.9 Å². The molecule has 1 atom stereocenters. The molecule has 0 aliphatic heterocycles. The van der Waals surface area contributed by atoms with Crippen LogP contribution in [0.1, 0.15) is 18.6 Å². The van der Waals surface area contributed by atoms with Crippen molar-refractivity contribution in [3.63, 3.8) is 0 Å². The standard InChI is InChI=1S/C10H13BrO4/c1-5(12)8-9(13)6(11)4-7(14-2)10(8)15-3/h4-5,12-13H,1-3H3. The van der Waals surface area contributed by atoms with E-state index in [-0.39, 0.29) is 5.75 Å². The van der Waals surface area contributed by atoms with E-state index in [4.69, 9.17) is 9.47 Å². The van der Waals surface area contributed by atoms with Crippen LogP contribution in [0.2, 0.25) is 0 Å². The molecule has 0 saturated carbocycles. The van der Waals surface area contributed by atoms with E-state index in [1.165, 1.54) is 14.2 Å². The molecule has 84 valence electrons. The number of halogens is 1. The molecule has 0 amide bonds. The number of methoxy groups -OCH3 is 2. The first-order valence-corrected chi connectivity index (χ1v) is 5.13. The molecule has 1 rings (SSSR count). The van der Waals surface area contributed by atoms with Crippen LogP contribution in [-0.4, -0.2) is 24.4 Å². The number of phenolic OH excluding ortho intramolecular Hbond substituents is 1. The van der Waals surface area contributed by atoms with Crippen LogP contribution >= 0.6 is 15.9 Å². The number of hydrogen-bond donors (Lipinski definition) is 2. The third-order valence-corrected chi connectivity index (χ3v) is 2.65. The van der Waals surface area contributed by atoms with Gasteiger partial charge in [0.2, 0.25) is 0 Å². The van der Waals surface area contributed by atoms with E-state index in [2.05, 4.69) is 15.9 Å². The monoisotopic (exact) mass is 276 g/mol. The Balaban J connectivity index is 3.49. The van der Waals surface area contributed by atoms with Crippen molar-refractivity contribution in [1.82, 2.24) is 0 Å². The van der Waals surface area contributed by atoms with Crippen LogP contribution in [0, 0.1) is 0 Å². The third-order valence-electron chi connectivity index (χ3n) is 2.05. The molecule has 0 radical (unpaired) electrons. The largest absolute Gasteiger partial charge is 0.506 e. The van der Waals surface area contributed by atoms with Gasteiger partial charge >= 0.3 is 0 Å². The highest BCUT2D eigenvalue weighted by atomic mass is 79.9. The summed E-state index contributed by atoms with van der Waals surface area (Å²) in [5.41, 5.74) is 0.309. The fourth-order valence-electron chi connectivity index (χ4n) is 1.37. The minimum absolute atomic E-state index is 0.0392. The summed E-state index contributed by atoms with van der Waals surface area (Å²) >= 11 is 3.17. The molecule has 4 nitrogen and oxygen atoms in total. The van der Waals surface area contributed by atoms with E-state index in [1.807, 2.05) is 0 Å². The molecule has 15 heavy (non-hydrogen) atoms. The highest BCUT2D eigenvalue weighted by Crippen LogP contribution is 2.44. The Kier molecular flexibility index (Phi) is 3.82. The molecule has 0 aliphatic rings. The fraction of sp³-hybridized carbons (Fsp3) is 0.400. The maximum Gasteiger partial charge on any atom is 0.170 e. The lowest BCUT2D eigenvalue weighted by molar-refractivity contribution is 0.188. The minimum Gasteiger partial charge on any atom is -0.506 e. The van der Waals surface area contributed by atoms with E-state index in [0.29, 0.717) is 21.5 Å². The molecule has 0 aliphatic carbocycles. The predicted molar refractivity (Wildman–Crippen MR) is 59.5 cm³/mol. The first kappa shape index (κ1) is 12.1. The summed E-state index contributed by atoms with van der Waals surface area (Å²) in [4.78, 5) is 0. The van der Waals surface area contributed by atoms with Gasteiger partial charge in [0.25, 0.3) is 0 Å². The van der Waals surface area contributed by atoms with Crippen LogP contribution in [0.3, 0.4) is 0 Å². The summed E-state index contributed by atoms with van der Waals surface area (Å²) < 4.78 is 10.6. The smallest absolute Gasteiger partial charge is 0.170 e. The van der Waals surface area contributed by atoms with Gasteiger partial charge < -0.3 is 19.7 Å². The molecule has 0 saturated heterocycles. The number of hydrogen-bond acceptors (Lipinski definition) is 4. The Labute approximate surface area is 96.6 Å². The van der Waals surface area contributed by atoms with Crippen molar-refractivity contribution >= 4 is 15.9 Å². The average molecular weight is 277 g/mol. The topological polar surface area (TPSA) is 58.9 Å². The lowest BCUT2D eigenvalue weighted by Gasteiger charge is -2.17. The van der Waals surface area contributed by atoms with Gasteiger partial charge in [-0.15, -0.1) is 0 Å². The Morgan fingerprint density at radius 3 is 2.33 bits per heavy atom. The molecule has 0 fully saturated rings. The summed E-state index contributed by atoms with van der Waals surface area (Å²) in [6.45, 7) is 1.55. The highest BCUT2D eigenvalue weighted by Gasteiger charge is 2.21. The van der Waals surface area contributed by atoms with Crippen LogP contribution in [0.15, 0.2) is 10.5 Å². The number of aliphatic hydroxyl groups excluding tert-OH is 1. The molecule has 1 unspecified atom stereocenters. The van der Waals surface area contributed by atoms with Gasteiger partial charge in [-0.25, -0.2) is 0 Å². The molecule has 0 bridgehead atoms. The Hall–Kier alpha value is -0.940. The van der Waals surface area contributed by atoms with Crippen LogP contribution in [0.25, 0.3) is 0 Å². The second-order valence-corrected chi connectivity index (χ2v) is 3.89. The van der Waals surface area contributed by atoms with Gasteiger partial charge in [-0.2, -0.15) is 0 Å². The molecule has 0 heterocycles. The van der Waals surface area contributed by atoms with Gasteiger partial charge in [0, 0.05) is 6.07 Å². The van der Waals surface area contributed by atoms with Crippen LogP contribution < -0.4 is 9.47 Å². The summed E-state index contributed by atoms with van der Waals surface area (Å²) in [5, 5.41) is 19.3. The second-order valence-electron chi connectivity index (χ2n) is 3.03. The van der Waals surface area contributed by atoms with Gasteiger partial charge in [0.15, 0.2) is 11.5 Å². The molecular formula is C10H13BrO4. The van der Waals surface area contributed by atoms with Crippen molar-refractivity contribution in [2.75, 3.05) is 14.2 Å². The number of phenols is 1. The first-order chi connectivity index (χ1) is 7.02. The van der Waals surface area contributed by atoms with E-state index in [0.717, 1.165) is 0 Å².